The maximum Gasteiger partial charge on any atom is 0.183 e. The van der Waals surface area contributed by atoms with Crippen molar-refractivity contribution in [3.63, 3.8) is 0 Å². The van der Waals surface area contributed by atoms with Crippen molar-refractivity contribution in [2.75, 3.05) is 11.5 Å². The van der Waals surface area contributed by atoms with Crippen LogP contribution < -0.4 is 0 Å². The van der Waals surface area contributed by atoms with Crippen LogP contribution in [0.3, 0.4) is 0 Å². The van der Waals surface area contributed by atoms with Gasteiger partial charge in [-0.3, -0.25) is 5.10 Å². The Balaban J connectivity index is 1.71. The van der Waals surface area contributed by atoms with E-state index < -0.39 is 0 Å². The van der Waals surface area contributed by atoms with Crippen LogP contribution in [0.2, 0.25) is 5.02 Å². The quantitative estimate of drug-likeness (QED) is 0.803. The van der Waals surface area contributed by atoms with Gasteiger partial charge in [0, 0.05) is 21.4 Å². The van der Waals surface area contributed by atoms with Gasteiger partial charge in [0.25, 0.3) is 0 Å². The number of H-pyrrole nitrogens is 1. The number of rotatable bonds is 6. The molecular weight excluding hydrogens is 290 g/mol. The van der Waals surface area contributed by atoms with Crippen LogP contribution in [-0.2, 0) is 0 Å². The van der Waals surface area contributed by atoms with Crippen LogP contribution in [0.15, 0.2) is 40.6 Å². The molecule has 96 valence electrons. The van der Waals surface area contributed by atoms with E-state index >= 15 is 0 Å². The van der Waals surface area contributed by atoms with Gasteiger partial charge in [-0.05, 0) is 24.3 Å². The summed E-state index contributed by atoms with van der Waals surface area (Å²) in [6, 6.07) is 7.59. The number of nitrogens with one attached hydrogen (secondary N) is 1. The number of hydrogen-bond acceptors (Lipinski definition) is 5. The van der Waals surface area contributed by atoms with E-state index in [0.717, 1.165) is 15.1 Å². The number of hydrogen-bond donors (Lipinski definition) is 2. The van der Waals surface area contributed by atoms with Crippen LogP contribution in [0.4, 0.5) is 0 Å². The predicted molar refractivity (Wildman–Crippen MR) is 75.3 cm³/mol. The first kappa shape index (κ1) is 13.7. The highest BCUT2D eigenvalue weighted by molar-refractivity contribution is 8.00. The smallest absolute Gasteiger partial charge is 0.183 e. The molecule has 0 saturated carbocycles. The molecule has 18 heavy (non-hydrogen) atoms. The lowest BCUT2D eigenvalue weighted by Crippen LogP contribution is -2.13. The van der Waals surface area contributed by atoms with E-state index in [1.807, 2.05) is 24.3 Å². The average Bonchev–Trinajstić information content (AvgIpc) is 2.89. The fourth-order valence-electron chi connectivity index (χ4n) is 1.21. The third-order valence-corrected chi connectivity index (χ3v) is 4.49. The molecule has 0 saturated heterocycles. The molecular formula is C11H12ClN3OS2. The van der Waals surface area contributed by atoms with Gasteiger partial charge in [0.15, 0.2) is 5.16 Å². The van der Waals surface area contributed by atoms with Crippen molar-refractivity contribution in [2.24, 2.45) is 0 Å². The Morgan fingerprint density at radius 2 is 1.94 bits per heavy atom. The van der Waals surface area contributed by atoms with Crippen LogP contribution in [-0.4, -0.2) is 37.9 Å². The molecule has 2 aromatic rings. The number of aliphatic hydroxyl groups excluding tert-OH is 1. The molecule has 0 radical (unpaired) electrons. The van der Waals surface area contributed by atoms with E-state index in [2.05, 4.69) is 15.2 Å². The number of thioether (sulfide) groups is 2. The van der Waals surface area contributed by atoms with Gasteiger partial charge in [0.05, 0.1) is 6.10 Å². The second-order valence-corrected chi connectivity index (χ2v) is 6.06. The van der Waals surface area contributed by atoms with Crippen molar-refractivity contribution in [1.29, 1.82) is 0 Å². The second-order valence-electron chi connectivity index (χ2n) is 3.52. The number of aromatic nitrogens is 3. The summed E-state index contributed by atoms with van der Waals surface area (Å²) < 4.78 is 0. The highest BCUT2D eigenvalue weighted by Gasteiger charge is 2.07. The third-order valence-electron chi connectivity index (χ3n) is 2.06. The first-order valence-corrected chi connectivity index (χ1v) is 7.63. The number of aromatic amines is 1. The van der Waals surface area contributed by atoms with Crippen LogP contribution in [0.1, 0.15) is 0 Å². The second kappa shape index (κ2) is 7.04. The van der Waals surface area contributed by atoms with Gasteiger partial charge < -0.3 is 5.11 Å². The van der Waals surface area contributed by atoms with E-state index in [1.165, 1.54) is 18.1 Å². The molecule has 4 nitrogen and oxygen atoms in total. The summed E-state index contributed by atoms with van der Waals surface area (Å²) in [4.78, 5) is 5.08. The van der Waals surface area contributed by atoms with E-state index in [9.17, 15) is 5.11 Å². The fraction of sp³-hybridized carbons (Fsp3) is 0.273. The lowest BCUT2D eigenvalue weighted by atomic mass is 10.4. The lowest BCUT2D eigenvalue weighted by Gasteiger charge is -2.08. The number of benzene rings is 1. The van der Waals surface area contributed by atoms with Crippen LogP contribution in [0.25, 0.3) is 0 Å². The molecule has 0 fully saturated rings. The fourth-order valence-corrected chi connectivity index (χ4v) is 3.02. The van der Waals surface area contributed by atoms with E-state index in [0.29, 0.717) is 11.5 Å². The van der Waals surface area contributed by atoms with Gasteiger partial charge >= 0.3 is 0 Å². The largest absolute Gasteiger partial charge is 0.391 e. The summed E-state index contributed by atoms with van der Waals surface area (Å²) in [6.45, 7) is 0. The van der Waals surface area contributed by atoms with Gasteiger partial charge in [-0.1, -0.05) is 23.4 Å². The molecule has 2 rings (SSSR count). The van der Waals surface area contributed by atoms with Gasteiger partial charge in [-0.2, -0.15) is 5.10 Å². The molecule has 1 heterocycles. The first-order valence-electron chi connectivity index (χ1n) is 5.28. The summed E-state index contributed by atoms with van der Waals surface area (Å²) in [7, 11) is 0. The van der Waals surface area contributed by atoms with Crippen LogP contribution in [0, 0.1) is 0 Å². The van der Waals surface area contributed by atoms with Crippen LogP contribution >= 0.6 is 35.1 Å². The first-order chi connectivity index (χ1) is 8.74. The highest BCUT2D eigenvalue weighted by Crippen LogP contribution is 2.22. The molecule has 0 spiro atoms. The molecule has 1 unspecified atom stereocenters. The normalized spacial score (nSPS) is 12.6. The standard InChI is InChI=1S/C11H12ClN3OS2/c12-8-1-3-10(4-2-8)17-5-9(16)6-18-11-13-7-14-15-11/h1-4,7,9,16H,5-6H2,(H,13,14,15). The van der Waals surface area contributed by atoms with E-state index in [1.54, 1.807) is 11.8 Å². The molecule has 0 aliphatic rings. The molecule has 0 amide bonds. The van der Waals surface area contributed by atoms with Crippen molar-refractivity contribution in [3.05, 3.63) is 35.6 Å². The Bertz CT molecular complexity index is 464. The summed E-state index contributed by atoms with van der Waals surface area (Å²) in [6.07, 6.45) is 1.07. The zero-order valence-electron chi connectivity index (χ0n) is 9.41. The maximum atomic E-state index is 9.83. The molecule has 0 bridgehead atoms. The van der Waals surface area contributed by atoms with Crippen molar-refractivity contribution in [1.82, 2.24) is 15.2 Å². The SMILES string of the molecule is OC(CSc1ccc(Cl)cc1)CSc1ncn[nH]1. The molecule has 1 aromatic carbocycles. The van der Waals surface area contributed by atoms with Gasteiger partial charge in [-0.25, -0.2) is 4.98 Å². The molecule has 1 atom stereocenters. The van der Waals surface area contributed by atoms with Crippen molar-refractivity contribution in [2.45, 2.75) is 16.2 Å². The van der Waals surface area contributed by atoms with Crippen LogP contribution in [0.5, 0.6) is 0 Å². The monoisotopic (exact) mass is 301 g/mol. The molecule has 2 N–H and O–H groups in total. The summed E-state index contributed by atoms with van der Waals surface area (Å²) in [5.74, 6) is 1.23. The zero-order valence-corrected chi connectivity index (χ0v) is 11.8. The number of halogens is 1. The van der Waals surface area contributed by atoms with Gasteiger partial charge in [0.2, 0.25) is 0 Å². The molecule has 7 heteroatoms. The maximum absolute atomic E-state index is 9.83. The minimum absolute atomic E-state index is 0.388. The lowest BCUT2D eigenvalue weighted by molar-refractivity contribution is 0.225. The Morgan fingerprint density at radius 1 is 1.22 bits per heavy atom. The van der Waals surface area contributed by atoms with Gasteiger partial charge in [0.1, 0.15) is 6.33 Å². The highest BCUT2D eigenvalue weighted by atomic mass is 35.5. The Hall–Kier alpha value is -0.690. The number of nitrogens with zero attached hydrogens (tertiary/aromatic N) is 2. The Kier molecular flexibility index (Phi) is 5.37. The zero-order chi connectivity index (χ0) is 12.8. The Morgan fingerprint density at radius 3 is 2.61 bits per heavy atom. The van der Waals surface area contributed by atoms with E-state index in [4.69, 9.17) is 11.6 Å². The van der Waals surface area contributed by atoms with Crippen molar-refractivity contribution < 1.29 is 5.11 Å². The summed E-state index contributed by atoms with van der Waals surface area (Å²) >= 11 is 8.87. The predicted octanol–water partition coefficient (Wildman–Crippen LogP) is 2.70. The van der Waals surface area contributed by atoms with E-state index in [-0.39, 0.29) is 6.10 Å². The topological polar surface area (TPSA) is 61.8 Å². The summed E-state index contributed by atoms with van der Waals surface area (Å²) in [5.41, 5.74) is 0. The average molecular weight is 302 g/mol. The number of aliphatic hydroxyl groups is 1. The minimum Gasteiger partial charge on any atom is -0.391 e. The molecule has 0 aliphatic carbocycles. The van der Waals surface area contributed by atoms with Crippen molar-refractivity contribution in [3.8, 4) is 0 Å². The third kappa shape index (κ3) is 4.53. The van der Waals surface area contributed by atoms with Crippen molar-refractivity contribution >= 4 is 35.1 Å². The summed E-state index contributed by atoms with van der Waals surface area (Å²) in [5, 5.41) is 17.8. The Labute approximate surface area is 119 Å². The molecule has 0 aliphatic heterocycles. The van der Waals surface area contributed by atoms with Gasteiger partial charge in [-0.15, -0.1) is 11.8 Å². The molecule has 1 aromatic heterocycles. The minimum atomic E-state index is -0.388.